The standard InChI is InChI=1S/C23H25N3O3/c1-15-20-9-5-6-10-21(20)23(28)26(25-15)16(2)22(27)24-17-11-13-19(14-12-17)29-18-7-3-4-8-18/h5-6,9-14,16,18H,3-4,7-8H2,1-2H3,(H,24,27)/t16-/m0/s1. The zero-order valence-corrected chi connectivity index (χ0v) is 16.7. The Bertz CT molecular complexity index is 1080. The van der Waals surface area contributed by atoms with Gasteiger partial charge in [-0.2, -0.15) is 5.10 Å². The van der Waals surface area contributed by atoms with Gasteiger partial charge in [-0.1, -0.05) is 18.2 Å². The molecule has 6 heteroatoms. The molecular formula is C23H25N3O3. The van der Waals surface area contributed by atoms with Crippen LogP contribution in [0.3, 0.4) is 0 Å². The first-order chi connectivity index (χ1) is 14.0. The van der Waals surface area contributed by atoms with E-state index in [0.29, 0.717) is 22.9 Å². The Morgan fingerprint density at radius 2 is 1.76 bits per heavy atom. The number of aryl methyl sites for hydroxylation is 1. The van der Waals surface area contributed by atoms with Crippen LogP contribution >= 0.6 is 0 Å². The van der Waals surface area contributed by atoms with E-state index in [-0.39, 0.29) is 11.5 Å². The van der Waals surface area contributed by atoms with Crippen LogP contribution in [0.15, 0.2) is 53.3 Å². The average Bonchev–Trinajstić information content (AvgIpc) is 3.24. The van der Waals surface area contributed by atoms with Gasteiger partial charge in [0.05, 0.1) is 17.2 Å². The Kier molecular flexibility index (Phi) is 5.34. The van der Waals surface area contributed by atoms with Crippen molar-refractivity contribution in [2.75, 3.05) is 5.32 Å². The molecule has 0 saturated heterocycles. The normalized spacial score (nSPS) is 15.4. The third kappa shape index (κ3) is 4.01. The highest BCUT2D eigenvalue weighted by molar-refractivity contribution is 5.93. The van der Waals surface area contributed by atoms with E-state index >= 15 is 0 Å². The number of rotatable bonds is 5. The summed E-state index contributed by atoms with van der Waals surface area (Å²) < 4.78 is 7.21. The quantitative estimate of drug-likeness (QED) is 0.706. The minimum atomic E-state index is -0.736. The molecule has 4 rings (SSSR count). The SMILES string of the molecule is Cc1nn([C@@H](C)C(=O)Nc2ccc(OC3CCCC3)cc2)c(=O)c2ccccc12. The zero-order chi connectivity index (χ0) is 20.4. The van der Waals surface area contributed by atoms with Gasteiger partial charge in [-0.15, -0.1) is 0 Å². The topological polar surface area (TPSA) is 73.2 Å². The molecule has 1 saturated carbocycles. The van der Waals surface area contributed by atoms with Crippen molar-refractivity contribution in [3.05, 3.63) is 64.6 Å². The molecule has 0 radical (unpaired) electrons. The summed E-state index contributed by atoms with van der Waals surface area (Å²) in [5, 5.41) is 8.59. The molecule has 1 fully saturated rings. The Balaban J connectivity index is 1.49. The number of aromatic nitrogens is 2. The lowest BCUT2D eigenvalue weighted by atomic mass is 10.1. The van der Waals surface area contributed by atoms with E-state index < -0.39 is 6.04 Å². The van der Waals surface area contributed by atoms with Crippen molar-refractivity contribution < 1.29 is 9.53 Å². The fourth-order valence-corrected chi connectivity index (χ4v) is 3.81. The average molecular weight is 391 g/mol. The molecule has 1 aliphatic carbocycles. The fourth-order valence-electron chi connectivity index (χ4n) is 3.81. The van der Waals surface area contributed by atoms with Gasteiger partial charge in [-0.25, -0.2) is 4.68 Å². The lowest BCUT2D eigenvalue weighted by Crippen LogP contribution is -2.34. The molecular weight excluding hydrogens is 366 g/mol. The number of benzene rings is 2. The predicted octanol–water partition coefficient (Wildman–Crippen LogP) is 4.23. The zero-order valence-electron chi connectivity index (χ0n) is 16.7. The van der Waals surface area contributed by atoms with Gasteiger partial charge in [-0.3, -0.25) is 9.59 Å². The molecule has 0 aliphatic heterocycles. The van der Waals surface area contributed by atoms with Crippen LogP contribution in [-0.2, 0) is 4.79 Å². The van der Waals surface area contributed by atoms with E-state index in [9.17, 15) is 9.59 Å². The van der Waals surface area contributed by atoms with E-state index in [0.717, 1.165) is 24.0 Å². The summed E-state index contributed by atoms with van der Waals surface area (Å²) in [4.78, 5) is 25.5. The number of amides is 1. The molecule has 2 aromatic carbocycles. The maximum Gasteiger partial charge on any atom is 0.275 e. The van der Waals surface area contributed by atoms with Gasteiger partial charge in [0, 0.05) is 11.1 Å². The summed E-state index contributed by atoms with van der Waals surface area (Å²) in [5.41, 5.74) is 1.11. The summed E-state index contributed by atoms with van der Waals surface area (Å²) in [5.74, 6) is 0.518. The molecule has 3 aromatic rings. The predicted molar refractivity (Wildman–Crippen MR) is 113 cm³/mol. The second kappa shape index (κ2) is 8.07. The number of nitrogens with zero attached hydrogens (tertiary/aromatic N) is 2. The summed E-state index contributed by atoms with van der Waals surface area (Å²) in [6.07, 6.45) is 4.94. The fraction of sp³-hybridized carbons (Fsp3) is 0.348. The first-order valence-corrected chi connectivity index (χ1v) is 10.1. The van der Waals surface area contributed by atoms with E-state index in [1.807, 2.05) is 49.4 Å². The number of carbonyl (C=O) groups excluding carboxylic acids is 1. The summed E-state index contributed by atoms with van der Waals surface area (Å²) in [7, 11) is 0. The number of hydrogen-bond acceptors (Lipinski definition) is 4. The van der Waals surface area contributed by atoms with Gasteiger partial charge in [0.25, 0.3) is 5.56 Å². The van der Waals surface area contributed by atoms with Crippen LogP contribution in [0.25, 0.3) is 10.8 Å². The molecule has 1 N–H and O–H groups in total. The Morgan fingerprint density at radius 1 is 1.10 bits per heavy atom. The van der Waals surface area contributed by atoms with Crippen molar-refractivity contribution in [3.63, 3.8) is 0 Å². The largest absolute Gasteiger partial charge is 0.490 e. The van der Waals surface area contributed by atoms with Gasteiger partial charge in [-0.05, 0) is 69.9 Å². The number of ether oxygens (including phenoxy) is 1. The molecule has 0 spiro atoms. The highest BCUT2D eigenvalue weighted by Gasteiger charge is 2.20. The summed E-state index contributed by atoms with van der Waals surface area (Å²) in [6.45, 7) is 3.52. The molecule has 0 unspecified atom stereocenters. The highest BCUT2D eigenvalue weighted by Crippen LogP contribution is 2.25. The molecule has 1 aliphatic rings. The van der Waals surface area contributed by atoms with Crippen LogP contribution < -0.4 is 15.6 Å². The number of nitrogens with one attached hydrogen (secondary N) is 1. The van der Waals surface area contributed by atoms with Gasteiger partial charge in [0.1, 0.15) is 11.8 Å². The van der Waals surface area contributed by atoms with Crippen molar-refractivity contribution in [2.24, 2.45) is 0 Å². The van der Waals surface area contributed by atoms with Crippen molar-refractivity contribution in [1.29, 1.82) is 0 Å². The molecule has 6 nitrogen and oxygen atoms in total. The summed E-state index contributed by atoms with van der Waals surface area (Å²) in [6, 6.07) is 13.9. The van der Waals surface area contributed by atoms with Gasteiger partial charge < -0.3 is 10.1 Å². The maximum absolute atomic E-state index is 12.8. The molecule has 1 atom stereocenters. The number of fused-ring (bicyclic) bond motifs is 1. The molecule has 0 bridgehead atoms. The minimum absolute atomic E-state index is 0.269. The third-order valence-electron chi connectivity index (χ3n) is 5.49. The molecule has 1 heterocycles. The smallest absolute Gasteiger partial charge is 0.275 e. The monoisotopic (exact) mass is 391 g/mol. The lowest BCUT2D eigenvalue weighted by Gasteiger charge is -2.16. The van der Waals surface area contributed by atoms with Crippen molar-refractivity contribution in [2.45, 2.75) is 51.7 Å². The second-order valence-electron chi connectivity index (χ2n) is 7.59. The second-order valence-corrected chi connectivity index (χ2v) is 7.59. The molecule has 150 valence electrons. The molecule has 1 amide bonds. The highest BCUT2D eigenvalue weighted by atomic mass is 16.5. The first-order valence-electron chi connectivity index (χ1n) is 10.1. The van der Waals surface area contributed by atoms with Crippen molar-refractivity contribution >= 4 is 22.4 Å². The van der Waals surface area contributed by atoms with Crippen LogP contribution in [0.2, 0.25) is 0 Å². The summed E-state index contributed by atoms with van der Waals surface area (Å²) >= 11 is 0. The number of anilines is 1. The van der Waals surface area contributed by atoms with Crippen LogP contribution in [0.1, 0.15) is 44.3 Å². The van der Waals surface area contributed by atoms with Crippen LogP contribution in [0, 0.1) is 6.92 Å². The molecule has 1 aromatic heterocycles. The van der Waals surface area contributed by atoms with Crippen LogP contribution in [0.5, 0.6) is 5.75 Å². The first kappa shape index (κ1) is 19.2. The number of carbonyl (C=O) groups is 1. The Morgan fingerprint density at radius 3 is 2.45 bits per heavy atom. The maximum atomic E-state index is 12.8. The minimum Gasteiger partial charge on any atom is -0.490 e. The van der Waals surface area contributed by atoms with Gasteiger partial charge >= 0.3 is 0 Å². The van der Waals surface area contributed by atoms with E-state index in [1.54, 1.807) is 13.0 Å². The van der Waals surface area contributed by atoms with E-state index in [2.05, 4.69) is 10.4 Å². The Labute approximate surface area is 169 Å². The lowest BCUT2D eigenvalue weighted by molar-refractivity contribution is -0.119. The van der Waals surface area contributed by atoms with Crippen molar-refractivity contribution in [1.82, 2.24) is 9.78 Å². The molecule has 29 heavy (non-hydrogen) atoms. The number of hydrogen-bond donors (Lipinski definition) is 1. The van der Waals surface area contributed by atoms with E-state index in [4.69, 9.17) is 4.74 Å². The Hall–Kier alpha value is -3.15. The van der Waals surface area contributed by atoms with Gasteiger partial charge in [0.15, 0.2) is 0 Å². The van der Waals surface area contributed by atoms with Gasteiger partial charge in [0.2, 0.25) is 5.91 Å². The van der Waals surface area contributed by atoms with Crippen molar-refractivity contribution in [3.8, 4) is 5.75 Å². The third-order valence-corrected chi connectivity index (χ3v) is 5.49. The van der Waals surface area contributed by atoms with E-state index in [1.165, 1.54) is 17.5 Å². The van der Waals surface area contributed by atoms with Crippen LogP contribution in [-0.4, -0.2) is 21.8 Å². The van der Waals surface area contributed by atoms with Crippen LogP contribution in [0.4, 0.5) is 5.69 Å².